The van der Waals surface area contributed by atoms with E-state index in [1.165, 1.54) is 0 Å². The Kier molecular flexibility index (Phi) is 7.33. The van der Waals surface area contributed by atoms with Crippen molar-refractivity contribution in [3.8, 4) is 11.5 Å². The lowest BCUT2D eigenvalue weighted by molar-refractivity contribution is -0.134. The molecule has 0 spiro atoms. The Bertz CT molecular complexity index is 716. The number of hydrogen-bond donors (Lipinski definition) is 2. The van der Waals surface area contributed by atoms with Crippen LogP contribution in [-0.4, -0.2) is 44.9 Å². The molecule has 3 rings (SSSR count). The second-order valence-electron chi connectivity index (χ2n) is 6.08. The Morgan fingerprint density at radius 3 is 2.30 bits per heavy atom. The molecule has 1 fully saturated rings. The smallest absolute Gasteiger partial charge is 0.250 e. The Hall–Kier alpha value is -2.28. The number of rotatable bonds is 8. The number of hydrogen-bond acceptors (Lipinski definition) is 5. The molecule has 6 nitrogen and oxygen atoms in total. The summed E-state index contributed by atoms with van der Waals surface area (Å²) in [6.07, 6.45) is -0.415. The van der Waals surface area contributed by atoms with Crippen LogP contribution in [0.15, 0.2) is 48.5 Å². The van der Waals surface area contributed by atoms with Crippen LogP contribution in [0.1, 0.15) is 5.56 Å². The normalized spacial score (nSPS) is 16.6. The molecule has 1 unspecified atom stereocenters. The first-order valence-corrected chi connectivity index (χ1v) is 9.28. The standard InChI is InChI=1S/C20H23ClN2O4/c21-16-3-7-18(8-4-16)26-12-11-25-17-5-1-15(2-6-17)13-23-20(24)19-14-22-9-10-27-19/h1-8,19,22H,9-14H2,(H,23,24). The van der Waals surface area contributed by atoms with Crippen LogP contribution in [-0.2, 0) is 16.1 Å². The van der Waals surface area contributed by atoms with Gasteiger partial charge in [0.05, 0.1) is 6.61 Å². The topological polar surface area (TPSA) is 68.8 Å². The molecule has 144 valence electrons. The van der Waals surface area contributed by atoms with Crippen molar-refractivity contribution in [1.29, 1.82) is 0 Å². The zero-order chi connectivity index (χ0) is 18.9. The van der Waals surface area contributed by atoms with Crippen LogP contribution in [0.2, 0.25) is 5.02 Å². The third kappa shape index (κ3) is 6.43. The third-order valence-electron chi connectivity index (χ3n) is 4.04. The van der Waals surface area contributed by atoms with Gasteiger partial charge in [-0.2, -0.15) is 0 Å². The number of carbonyl (C=O) groups excluding carboxylic acids is 1. The second kappa shape index (κ2) is 10.2. The van der Waals surface area contributed by atoms with Crippen LogP contribution < -0.4 is 20.1 Å². The van der Waals surface area contributed by atoms with E-state index in [0.29, 0.717) is 37.9 Å². The SMILES string of the molecule is O=C(NCc1ccc(OCCOc2ccc(Cl)cc2)cc1)C1CNCCO1. The molecule has 1 amide bonds. The van der Waals surface area contributed by atoms with E-state index in [9.17, 15) is 4.79 Å². The molecule has 1 aliphatic rings. The third-order valence-corrected chi connectivity index (χ3v) is 4.30. The van der Waals surface area contributed by atoms with Crippen LogP contribution in [0.5, 0.6) is 11.5 Å². The van der Waals surface area contributed by atoms with Crippen LogP contribution in [0.3, 0.4) is 0 Å². The van der Waals surface area contributed by atoms with Gasteiger partial charge in [-0.15, -0.1) is 0 Å². The molecule has 0 bridgehead atoms. The molecule has 7 heteroatoms. The van der Waals surface area contributed by atoms with Crippen molar-refractivity contribution >= 4 is 17.5 Å². The zero-order valence-electron chi connectivity index (χ0n) is 14.9. The van der Waals surface area contributed by atoms with E-state index in [0.717, 1.165) is 23.6 Å². The van der Waals surface area contributed by atoms with E-state index in [4.69, 9.17) is 25.8 Å². The van der Waals surface area contributed by atoms with Gasteiger partial charge in [0, 0.05) is 24.7 Å². The molecular weight excluding hydrogens is 368 g/mol. The molecule has 1 saturated heterocycles. The molecular formula is C20H23ClN2O4. The van der Waals surface area contributed by atoms with Crippen LogP contribution in [0.4, 0.5) is 0 Å². The number of halogens is 1. The Balaban J connectivity index is 1.35. The molecule has 2 aromatic carbocycles. The summed E-state index contributed by atoms with van der Waals surface area (Å²) in [5.41, 5.74) is 0.997. The van der Waals surface area contributed by atoms with Gasteiger partial charge < -0.3 is 24.8 Å². The van der Waals surface area contributed by atoms with Gasteiger partial charge in [-0.1, -0.05) is 23.7 Å². The fourth-order valence-corrected chi connectivity index (χ4v) is 2.72. The molecule has 0 saturated carbocycles. The molecule has 27 heavy (non-hydrogen) atoms. The van der Waals surface area contributed by atoms with Crippen LogP contribution in [0.25, 0.3) is 0 Å². The fraction of sp³-hybridized carbons (Fsp3) is 0.350. The zero-order valence-corrected chi connectivity index (χ0v) is 15.7. The van der Waals surface area contributed by atoms with Crippen LogP contribution >= 0.6 is 11.6 Å². The summed E-state index contributed by atoms with van der Waals surface area (Å²) in [6, 6.07) is 14.8. The Morgan fingerprint density at radius 1 is 1.07 bits per heavy atom. The lowest BCUT2D eigenvalue weighted by atomic mass is 10.2. The Labute approximate surface area is 163 Å². The Morgan fingerprint density at radius 2 is 1.70 bits per heavy atom. The van der Waals surface area contributed by atoms with Gasteiger partial charge >= 0.3 is 0 Å². The number of morpholine rings is 1. The van der Waals surface area contributed by atoms with Gasteiger partial charge in [0.2, 0.25) is 0 Å². The van der Waals surface area contributed by atoms with E-state index in [2.05, 4.69) is 10.6 Å². The summed E-state index contributed by atoms with van der Waals surface area (Å²) in [7, 11) is 0. The van der Waals surface area contributed by atoms with Crippen molar-refractivity contribution in [2.75, 3.05) is 32.9 Å². The molecule has 0 aromatic heterocycles. The maximum absolute atomic E-state index is 12.0. The summed E-state index contributed by atoms with van der Waals surface area (Å²) in [6.45, 7) is 3.23. The summed E-state index contributed by atoms with van der Waals surface area (Å²) < 4.78 is 16.7. The van der Waals surface area contributed by atoms with Crippen molar-refractivity contribution in [3.63, 3.8) is 0 Å². The number of benzene rings is 2. The van der Waals surface area contributed by atoms with Gasteiger partial charge in [0.1, 0.15) is 30.8 Å². The minimum atomic E-state index is -0.415. The first kappa shape index (κ1) is 19.5. The summed E-state index contributed by atoms with van der Waals surface area (Å²) in [4.78, 5) is 12.0. The highest BCUT2D eigenvalue weighted by Gasteiger charge is 2.21. The number of nitrogens with one attached hydrogen (secondary N) is 2. The summed E-state index contributed by atoms with van der Waals surface area (Å²) >= 11 is 5.83. The highest BCUT2D eigenvalue weighted by Crippen LogP contribution is 2.16. The largest absolute Gasteiger partial charge is 0.490 e. The van der Waals surface area contributed by atoms with Crippen molar-refractivity contribution < 1.29 is 19.0 Å². The lowest BCUT2D eigenvalue weighted by Crippen LogP contribution is -2.47. The maximum Gasteiger partial charge on any atom is 0.250 e. The predicted octanol–water partition coefficient (Wildman–Crippen LogP) is 2.40. The molecule has 1 atom stereocenters. The first-order chi connectivity index (χ1) is 13.2. The van der Waals surface area contributed by atoms with Gasteiger partial charge in [-0.3, -0.25) is 4.79 Å². The van der Waals surface area contributed by atoms with Gasteiger partial charge in [0.25, 0.3) is 5.91 Å². The van der Waals surface area contributed by atoms with Gasteiger partial charge in [-0.05, 0) is 42.0 Å². The number of carbonyl (C=O) groups is 1. The molecule has 2 aromatic rings. The molecule has 0 aliphatic carbocycles. The average molecular weight is 391 g/mol. The number of ether oxygens (including phenoxy) is 3. The van der Waals surface area contributed by atoms with Crippen molar-refractivity contribution in [2.24, 2.45) is 0 Å². The van der Waals surface area contributed by atoms with E-state index < -0.39 is 6.10 Å². The van der Waals surface area contributed by atoms with E-state index in [1.807, 2.05) is 36.4 Å². The first-order valence-electron chi connectivity index (χ1n) is 8.91. The van der Waals surface area contributed by atoms with Crippen molar-refractivity contribution in [2.45, 2.75) is 12.6 Å². The fourth-order valence-electron chi connectivity index (χ4n) is 2.59. The molecule has 1 heterocycles. The molecule has 2 N–H and O–H groups in total. The van der Waals surface area contributed by atoms with Crippen molar-refractivity contribution in [1.82, 2.24) is 10.6 Å². The molecule has 1 aliphatic heterocycles. The van der Waals surface area contributed by atoms with Gasteiger partial charge in [0.15, 0.2) is 0 Å². The lowest BCUT2D eigenvalue weighted by Gasteiger charge is -2.22. The van der Waals surface area contributed by atoms with E-state index in [1.54, 1.807) is 12.1 Å². The van der Waals surface area contributed by atoms with Gasteiger partial charge in [-0.25, -0.2) is 0 Å². The quantitative estimate of drug-likeness (QED) is 0.677. The highest BCUT2D eigenvalue weighted by atomic mass is 35.5. The monoisotopic (exact) mass is 390 g/mol. The predicted molar refractivity (Wildman–Crippen MR) is 103 cm³/mol. The van der Waals surface area contributed by atoms with Crippen LogP contribution in [0, 0.1) is 0 Å². The minimum Gasteiger partial charge on any atom is -0.490 e. The maximum atomic E-state index is 12.0. The van der Waals surface area contributed by atoms with Crippen molar-refractivity contribution in [3.05, 3.63) is 59.1 Å². The average Bonchev–Trinajstić information content (AvgIpc) is 2.72. The summed E-state index contributed by atoms with van der Waals surface area (Å²) in [5, 5.41) is 6.71. The summed E-state index contributed by atoms with van der Waals surface area (Å²) in [5.74, 6) is 1.41. The second-order valence-corrected chi connectivity index (χ2v) is 6.51. The van der Waals surface area contributed by atoms with E-state index >= 15 is 0 Å². The van der Waals surface area contributed by atoms with E-state index in [-0.39, 0.29) is 5.91 Å². The molecule has 0 radical (unpaired) electrons. The number of amides is 1. The minimum absolute atomic E-state index is 0.0955. The highest BCUT2D eigenvalue weighted by molar-refractivity contribution is 6.30.